The molecule has 0 aliphatic carbocycles. The van der Waals surface area contributed by atoms with Crippen LogP contribution in [0.5, 0.6) is 0 Å². The van der Waals surface area contributed by atoms with Crippen molar-refractivity contribution in [3.05, 3.63) is 24.0 Å². The summed E-state index contributed by atoms with van der Waals surface area (Å²) < 4.78 is 1.86. The van der Waals surface area contributed by atoms with E-state index in [4.69, 9.17) is 0 Å². The van der Waals surface area contributed by atoms with Gasteiger partial charge in [0.05, 0.1) is 5.56 Å². The predicted octanol–water partition coefficient (Wildman–Crippen LogP) is 0.316. The fourth-order valence-electron chi connectivity index (χ4n) is 1.13. The topological polar surface area (TPSA) is 37.3 Å². The standard InChI is InChI=1S/C10H17N3O/c1-12(2)7-5-11-10(14)9-4-6-13(3)8-9/h4,6,8H,5,7H2,1-3H3,(H,11,14). The quantitative estimate of drug-likeness (QED) is 0.751. The van der Waals surface area contributed by atoms with Crippen molar-refractivity contribution >= 4 is 5.91 Å². The van der Waals surface area contributed by atoms with Gasteiger partial charge in [-0.15, -0.1) is 0 Å². The van der Waals surface area contributed by atoms with Crippen LogP contribution in [-0.4, -0.2) is 42.6 Å². The van der Waals surface area contributed by atoms with E-state index >= 15 is 0 Å². The highest BCUT2D eigenvalue weighted by Crippen LogP contribution is 1.98. The zero-order valence-electron chi connectivity index (χ0n) is 8.95. The summed E-state index contributed by atoms with van der Waals surface area (Å²) in [4.78, 5) is 13.5. The van der Waals surface area contributed by atoms with Gasteiger partial charge in [0, 0.05) is 32.5 Å². The first kappa shape index (κ1) is 10.8. The van der Waals surface area contributed by atoms with Crippen LogP contribution in [0.15, 0.2) is 18.5 Å². The highest BCUT2D eigenvalue weighted by atomic mass is 16.1. The minimum Gasteiger partial charge on any atom is -0.356 e. The van der Waals surface area contributed by atoms with E-state index in [0.717, 1.165) is 6.54 Å². The number of rotatable bonds is 4. The lowest BCUT2D eigenvalue weighted by Crippen LogP contribution is -2.31. The van der Waals surface area contributed by atoms with E-state index in [-0.39, 0.29) is 5.91 Å². The third-order valence-electron chi connectivity index (χ3n) is 1.94. The smallest absolute Gasteiger partial charge is 0.252 e. The summed E-state index contributed by atoms with van der Waals surface area (Å²) in [5.74, 6) is -0.00699. The number of amides is 1. The Morgan fingerprint density at radius 1 is 1.57 bits per heavy atom. The molecule has 1 heterocycles. The summed E-state index contributed by atoms with van der Waals surface area (Å²) in [5, 5.41) is 2.85. The van der Waals surface area contributed by atoms with Gasteiger partial charge in [-0.2, -0.15) is 0 Å². The molecule has 0 radical (unpaired) electrons. The lowest BCUT2D eigenvalue weighted by atomic mass is 10.3. The van der Waals surface area contributed by atoms with Gasteiger partial charge < -0.3 is 14.8 Å². The second-order valence-corrected chi connectivity index (χ2v) is 3.62. The fraction of sp³-hybridized carbons (Fsp3) is 0.500. The molecular weight excluding hydrogens is 178 g/mol. The van der Waals surface area contributed by atoms with E-state index in [1.54, 1.807) is 0 Å². The van der Waals surface area contributed by atoms with E-state index in [9.17, 15) is 4.79 Å². The monoisotopic (exact) mass is 195 g/mol. The normalized spacial score (nSPS) is 10.6. The van der Waals surface area contributed by atoms with Gasteiger partial charge >= 0.3 is 0 Å². The maximum absolute atomic E-state index is 11.5. The van der Waals surface area contributed by atoms with Gasteiger partial charge in [-0.3, -0.25) is 4.79 Å². The fourth-order valence-corrected chi connectivity index (χ4v) is 1.13. The molecule has 0 aliphatic heterocycles. The Kier molecular flexibility index (Phi) is 3.71. The second kappa shape index (κ2) is 4.81. The molecule has 4 heteroatoms. The van der Waals surface area contributed by atoms with Gasteiger partial charge in [0.1, 0.15) is 0 Å². The molecule has 0 unspecified atom stereocenters. The van der Waals surface area contributed by atoms with Gasteiger partial charge in [0.25, 0.3) is 5.91 Å². The van der Waals surface area contributed by atoms with Crippen molar-refractivity contribution in [3.63, 3.8) is 0 Å². The number of nitrogens with zero attached hydrogens (tertiary/aromatic N) is 2. The Labute approximate surface area is 84.5 Å². The van der Waals surface area contributed by atoms with Gasteiger partial charge in [0.2, 0.25) is 0 Å². The molecule has 0 spiro atoms. The highest BCUT2D eigenvalue weighted by molar-refractivity contribution is 5.93. The molecule has 4 nitrogen and oxygen atoms in total. The number of nitrogens with one attached hydrogen (secondary N) is 1. The molecule has 1 rings (SSSR count). The van der Waals surface area contributed by atoms with Crippen LogP contribution in [0.3, 0.4) is 0 Å². The zero-order valence-corrected chi connectivity index (χ0v) is 8.95. The van der Waals surface area contributed by atoms with Crippen molar-refractivity contribution in [1.29, 1.82) is 0 Å². The molecule has 1 aromatic heterocycles. The van der Waals surface area contributed by atoms with Crippen LogP contribution in [0.2, 0.25) is 0 Å². The van der Waals surface area contributed by atoms with Crippen molar-refractivity contribution in [1.82, 2.24) is 14.8 Å². The summed E-state index contributed by atoms with van der Waals surface area (Å²) in [6.45, 7) is 1.54. The van der Waals surface area contributed by atoms with Crippen LogP contribution >= 0.6 is 0 Å². The highest BCUT2D eigenvalue weighted by Gasteiger charge is 2.05. The van der Waals surface area contributed by atoms with Gasteiger partial charge in [-0.05, 0) is 20.2 Å². The molecule has 0 bridgehead atoms. The first-order valence-corrected chi connectivity index (χ1v) is 4.64. The lowest BCUT2D eigenvalue weighted by Gasteiger charge is -2.09. The first-order valence-electron chi connectivity index (χ1n) is 4.64. The summed E-state index contributed by atoms with van der Waals surface area (Å²) >= 11 is 0. The minimum absolute atomic E-state index is 0.00699. The van der Waals surface area contributed by atoms with E-state index in [2.05, 4.69) is 5.32 Å². The minimum atomic E-state index is -0.00699. The molecule has 0 atom stereocenters. The Hall–Kier alpha value is -1.29. The van der Waals surface area contributed by atoms with Crippen LogP contribution in [0, 0.1) is 0 Å². The average Bonchev–Trinajstić information content (AvgIpc) is 2.51. The Morgan fingerprint density at radius 2 is 2.29 bits per heavy atom. The third kappa shape index (κ3) is 3.22. The molecule has 1 N–H and O–H groups in total. The molecule has 0 saturated heterocycles. The average molecular weight is 195 g/mol. The predicted molar refractivity (Wildman–Crippen MR) is 56.3 cm³/mol. The molecule has 1 aromatic rings. The maximum atomic E-state index is 11.5. The molecule has 1 amide bonds. The number of aromatic nitrogens is 1. The Morgan fingerprint density at radius 3 is 2.79 bits per heavy atom. The maximum Gasteiger partial charge on any atom is 0.252 e. The van der Waals surface area contributed by atoms with Gasteiger partial charge in [-0.1, -0.05) is 0 Å². The zero-order chi connectivity index (χ0) is 10.6. The van der Waals surface area contributed by atoms with Crippen molar-refractivity contribution < 1.29 is 4.79 Å². The number of carbonyl (C=O) groups excluding carboxylic acids is 1. The van der Waals surface area contributed by atoms with E-state index in [1.807, 2.05) is 49.1 Å². The van der Waals surface area contributed by atoms with E-state index in [1.165, 1.54) is 0 Å². The van der Waals surface area contributed by atoms with Crippen LogP contribution in [-0.2, 0) is 7.05 Å². The third-order valence-corrected chi connectivity index (χ3v) is 1.94. The SMILES string of the molecule is CN(C)CCNC(=O)c1ccn(C)c1. The van der Waals surface area contributed by atoms with Crippen LogP contribution in [0.25, 0.3) is 0 Å². The Balaban J connectivity index is 2.36. The van der Waals surface area contributed by atoms with Gasteiger partial charge in [-0.25, -0.2) is 0 Å². The summed E-state index contributed by atoms with van der Waals surface area (Å²) in [5.41, 5.74) is 0.714. The Bertz CT molecular complexity index is 304. The van der Waals surface area contributed by atoms with Crippen molar-refractivity contribution in [2.45, 2.75) is 0 Å². The van der Waals surface area contributed by atoms with E-state index < -0.39 is 0 Å². The molecular formula is C10H17N3O. The number of carbonyl (C=O) groups is 1. The molecule has 78 valence electrons. The van der Waals surface area contributed by atoms with Crippen LogP contribution in [0.4, 0.5) is 0 Å². The molecule has 0 fully saturated rings. The van der Waals surface area contributed by atoms with Crippen molar-refractivity contribution in [3.8, 4) is 0 Å². The first-order chi connectivity index (χ1) is 6.59. The lowest BCUT2D eigenvalue weighted by molar-refractivity contribution is 0.0951. The molecule has 0 aliphatic rings. The number of hydrogen-bond acceptors (Lipinski definition) is 2. The number of likely N-dealkylation sites (N-methyl/N-ethyl adjacent to an activating group) is 1. The number of aryl methyl sites for hydroxylation is 1. The summed E-state index contributed by atoms with van der Waals surface area (Å²) in [6.07, 6.45) is 3.67. The van der Waals surface area contributed by atoms with Crippen molar-refractivity contribution in [2.24, 2.45) is 7.05 Å². The van der Waals surface area contributed by atoms with Crippen LogP contribution < -0.4 is 5.32 Å². The number of hydrogen-bond donors (Lipinski definition) is 1. The molecule has 14 heavy (non-hydrogen) atoms. The van der Waals surface area contributed by atoms with Crippen molar-refractivity contribution in [2.75, 3.05) is 27.2 Å². The second-order valence-electron chi connectivity index (χ2n) is 3.62. The molecule has 0 aromatic carbocycles. The molecule has 0 saturated carbocycles. The largest absolute Gasteiger partial charge is 0.356 e. The van der Waals surface area contributed by atoms with Crippen LogP contribution in [0.1, 0.15) is 10.4 Å². The van der Waals surface area contributed by atoms with Gasteiger partial charge in [0.15, 0.2) is 0 Å². The van der Waals surface area contributed by atoms with E-state index in [0.29, 0.717) is 12.1 Å². The summed E-state index contributed by atoms with van der Waals surface area (Å²) in [7, 11) is 5.86. The summed E-state index contributed by atoms with van der Waals surface area (Å²) in [6, 6.07) is 1.81.